The Morgan fingerprint density at radius 1 is 1.35 bits per heavy atom. The first-order valence-corrected chi connectivity index (χ1v) is 7.81. The number of rotatable bonds is 7. The SMILES string of the molecule is COc1c(C(=O)O)cc(Cl)cc1S(=O)(=O)CCCCO. The van der Waals surface area contributed by atoms with Crippen LogP contribution in [0.1, 0.15) is 23.2 Å². The van der Waals surface area contributed by atoms with Gasteiger partial charge in [0.2, 0.25) is 0 Å². The number of ether oxygens (including phenoxy) is 1. The van der Waals surface area contributed by atoms with E-state index in [-0.39, 0.29) is 40.0 Å². The van der Waals surface area contributed by atoms with Crippen LogP contribution in [0.5, 0.6) is 5.75 Å². The van der Waals surface area contributed by atoms with Crippen molar-refractivity contribution < 1.29 is 28.2 Å². The van der Waals surface area contributed by atoms with Gasteiger partial charge < -0.3 is 14.9 Å². The number of aliphatic hydroxyl groups is 1. The largest absolute Gasteiger partial charge is 0.494 e. The van der Waals surface area contributed by atoms with E-state index in [1.54, 1.807) is 0 Å². The lowest BCUT2D eigenvalue weighted by molar-refractivity contribution is 0.0693. The molecule has 0 unspecified atom stereocenters. The lowest BCUT2D eigenvalue weighted by Gasteiger charge is -2.12. The van der Waals surface area contributed by atoms with Crippen LogP contribution >= 0.6 is 11.6 Å². The molecule has 20 heavy (non-hydrogen) atoms. The molecule has 0 fully saturated rings. The quantitative estimate of drug-likeness (QED) is 0.739. The molecule has 112 valence electrons. The fourth-order valence-corrected chi connectivity index (χ4v) is 3.55. The van der Waals surface area contributed by atoms with E-state index >= 15 is 0 Å². The second kappa shape index (κ2) is 6.92. The molecule has 0 amide bonds. The maximum Gasteiger partial charge on any atom is 0.339 e. The van der Waals surface area contributed by atoms with Gasteiger partial charge in [0.05, 0.1) is 12.9 Å². The minimum atomic E-state index is -3.74. The first-order valence-electron chi connectivity index (χ1n) is 5.78. The molecule has 0 aromatic heterocycles. The number of aliphatic hydroxyl groups excluding tert-OH is 1. The molecule has 6 nitrogen and oxygen atoms in total. The van der Waals surface area contributed by atoms with E-state index in [0.717, 1.165) is 6.07 Å². The molecule has 0 radical (unpaired) electrons. The van der Waals surface area contributed by atoms with E-state index in [2.05, 4.69) is 0 Å². The summed E-state index contributed by atoms with van der Waals surface area (Å²) in [6.07, 6.45) is 0.602. The Balaban J connectivity index is 3.33. The van der Waals surface area contributed by atoms with E-state index in [4.69, 9.17) is 26.6 Å². The van der Waals surface area contributed by atoms with Gasteiger partial charge >= 0.3 is 5.97 Å². The highest BCUT2D eigenvalue weighted by Crippen LogP contribution is 2.32. The molecule has 2 N–H and O–H groups in total. The predicted octanol–water partition coefficient (Wildman–Crippen LogP) is 1.59. The van der Waals surface area contributed by atoms with Gasteiger partial charge in [0.1, 0.15) is 10.5 Å². The summed E-state index contributed by atoms with van der Waals surface area (Å²) in [5.41, 5.74) is -0.305. The van der Waals surface area contributed by atoms with Crippen molar-refractivity contribution in [3.05, 3.63) is 22.7 Å². The topological polar surface area (TPSA) is 101 Å². The van der Waals surface area contributed by atoms with Gasteiger partial charge in [-0.05, 0) is 25.0 Å². The number of carbonyl (C=O) groups is 1. The van der Waals surface area contributed by atoms with Crippen molar-refractivity contribution in [2.75, 3.05) is 19.5 Å². The Kier molecular flexibility index (Phi) is 5.79. The van der Waals surface area contributed by atoms with Crippen molar-refractivity contribution in [2.45, 2.75) is 17.7 Å². The molecule has 8 heteroatoms. The maximum atomic E-state index is 12.2. The van der Waals surface area contributed by atoms with Crippen molar-refractivity contribution in [3.8, 4) is 5.75 Å². The van der Waals surface area contributed by atoms with Gasteiger partial charge in [-0.15, -0.1) is 0 Å². The number of aromatic carboxylic acids is 1. The molecule has 0 saturated heterocycles. The van der Waals surface area contributed by atoms with Gasteiger partial charge in [-0.2, -0.15) is 0 Å². The van der Waals surface area contributed by atoms with E-state index in [0.29, 0.717) is 6.42 Å². The number of carboxylic acid groups (broad SMARTS) is 1. The van der Waals surface area contributed by atoms with Crippen molar-refractivity contribution >= 4 is 27.4 Å². The van der Waals surface area contributed by atoms with Crippen LogP contribution in [-0.4, -0.2) is 44.1 Å². The molecule has 1 rings (SSSR count). The smallest absolute Gasteiger partial charge is 0.339 e. The highest BCUT2D eigenvalue weighted by Gasteiger charge is 2.25. The third kappa shape index (κ3) is 3.84. The minimum Gasteiger partial charge on any atom is -0.494 e. The second-order valence-electron chi connectivity index (χ2n) is 4.04. The lowest BCUT2D eigenvalue weighted by Crippen LogP contribution is -2.12. The van der Waals surface area contributed by atoms with Crippen LogP contribution in [0.4, 0.5) is 0 Å². The van der Waals surface area contributed by atoms with Gasteiger partial charge in [0.15, 0.2) is 15.6 Å². The molecule has 0 heterocycles. The van der Waals surface area contributed by atoms with Crippen LogP contribution in [0.3, 0.4) is 0 Å². The fourth-order valence-electron chi connectivity index (χ4n) is 1.68. The van der Waals surface area contributed by atoms with Gasteiger partial charge in [-0.25, -0.2) is 13.2 Å². The highest BCUT2D eigenvalue weighted by atomic mass is 35.5. The summed E-state index contributed by atoms with van der Waals surface area (Å²) >= 11 is 5.77. The standard InChI is InChI=1S/C12H15ClO6S/c1-19-11-9(12(15)16)6-8(13)7-10(11)20(17,18)5-3-2-4-14/h6-7,14H,2-5H2,1H3,(H,15,16). The number of sulfone groups is 1. The molecule has 0 aliphatic heterocycles. The van der Waals surface area contributed by atoms with E-state index in [1.165, 1.54) is 13.2 Å². The molecule has 0 aliphatic carbocycles. The number of methoxy groups -OCH3 is 1. The van der Waals surface area contributed by atoms with E-state index in [1.807, 2.05) is 0 Å². The Morgan fingerprint density at radius 2 is 2.00 bits per heavy atom. The van der Waals surface area contributed by atoms with Crippen LogP contribution in [0.15, 0.2) is 17.0 Å². The molecule has 0 aliphatic rings. The fraction of sp³-hybridized carbons (Fsp3) is 0.417. The Morgan fingerprint density at radius 3 is 2.50 bits per heavy atom. The summed E-state index contributed by atoms with van der Waals surface area (Å²) in [7, 11) is -2.54. The summed E-state index contributed by atoms with van der Waals surface area (Å²) in [6, 6.07) is 2.30. The molecule has 0 saturated carbocycles. The van der Waals surface area contributed by atoms with Crippen LogP contribution in [-0.2, 0) is 9.84 Å². The lowest BCUT2D eigenvalue weighted by atomic mass is 10.2. The highest BCUT2D eigenvalue weighted by molar-refractivity contribution is 7.91. The van der Waals surface area contributed by atoms with Crippen molar-refractivity contribution in [1.29, 1.82) is 0 Å². The number of hydrogen-bond acceptors (Lipinski definition) is 5. The van der Waals surface area contributed by atoms with Crippen molar-refractivity contribution in [3.63, 3.8) is 0 Å². The number of carboxylic acids is 1. The molecule has 0 bridgehead atoms. The Bertz CT molecular complexity index is 596. The first-order chi connectivity index (χ1) is 9.33. The average molecular weight is 323 g/mol. The number of halogens is 1. The zero-order chi connectivity index (χ0) is 15.3. The molecular weight excluding hydrogens is 308 g/mol. The predicted molar refractivity (Wildman–Crippen MR) is 73.3 cm³/mol. The zero-order valence-corrected chi connectivity index (χ0v) is 12.4. The van der Waals surface area contributed by atoms with Gasteiger partial charge in [-0.3, -0.25) is 0 Å². The third-order valence-corrected chi connectivity index (χ3v) is 4.63. The number of hydrogen-bond donors (Lipinski definition) is 2. The summed E-state index contributed by atoms with van der Waals surface area (Å²) in [6.45, 7) is -0.109. The van der Waals surface area contributed by atoms with E-state index in [9.17, 15) is 13.2 Å². The second-order valence-corrected chi connectivity index (χ2v) is 6.55. The summed E-state index contributed by atoms with van der Waals surface area (Å²) < 4.78 is 29.3. The Hall–Kier alpha value is -1.31. The van der Waals surface area contributed by atoms with Crippen LogP contribution in [0.25, 0.3) is 0 Å². The summed E-state index contributed by atoms with van der Waals surface area (Å²) in [5.74, 6) is -1.77. The molecular formula is C12H15ClO6S. The molecule has 1 aromatic rings. The van der Waals surface area contributed by atoms with Crippen molar-refractivity contribution in [2.24, 2.45) is 0 Å². The molecule has 0 atom stereocenters. The maximum absolute atomic E-state index is 12.2. The zero-order valence-electron chi connectivity index (χ0n) is 10.8. The van der Waals surface area contributed by atoms with E-state index < -0.39 is 15.8 Å². The third-order valence-electron chi connectivity index (χ3n) is 2.61. The normalized spacial score (nSPS) is 11.3. The Labute approximate surface area is 121 Å². The summed E-state index contributed by atoms with van der Waals surface area (Å²) in [4.78, 5) is 10.9. The molecule has 0 spiro atoms. The molecule has 1 aromatic carbocycles. The van der Waals surface area contributed by atoms with Crippen molar-refractivity contribution in [1.82, 2.24) is 0 Å². The first kappa shape index (κ1) is 16.7. The average Bonchev–Trinajstić information content (AvgIpc) is 2.37. The van der Waals surface area contributed by atoms with Crippen LogP contribution < -0.4 is 4.74 Å². The van der Waals surface area contributed by atoms with Gasteiger partial charge in [0.25, 0.3) is 0 Å². The van der Waals surface area contributed by atoms with Crippen LogP contribution in [0.2, 0.25) is 5.02 Å². The van der Waals surface area contributed by atoms with Gasteiger partial charge in [-0.1, -0.05) is 11.6 Å². The summed E-state index contributed by atoms with van der Waals surface area (Å²) in [5, 5.41) is 17.7. The number of unbranched alkanes of at least 4 members (excludes halogenated alkanes) is 1. The number of benzene rings is 1. The van der Waals surface area contributed by atoms with Crippen LogP contribution in [0, 0.1) is 0 Å². The van der Waals surface area contributed by atoms with Gasteiger partial charge in [0, 0.05) is 11.6 Å². The minimum absolute atomic E-state index is 0.00364. The monoisotopic (exact) mass is 322 g/mol.